The van der Waals surface area contributed by atoms with Crippen molar-refractivity contribution >= 4 is 17.5 Å². The average Bonchev–Trinajstić information content (AvgIpc) is 3.09. The fourth-order valence-electron chi connectivity index (χ4n) is 3.27. The maximum Gasteiger partial charge on any atom is 0.227 e. The first kappa shape index (κ1) is 19.0. The molecule has 1 heterocycles. The Balaban J connectivity index is 1.67. The van der Waals surface area contributed by atoms with Gasteiger partial charge < -0.3 is 9.80 Å². The SMILES string of the molecule is C[C@H](c1cc(F)ccc1F)N(C)C(=O)Cc1ccc(N2CCCC2=O)cc1. The minimum Gasteiger partial charge on any atom is -0.339 e. The normalized spacial score (nSPS) is 15.1. The van der Waals surface area contributed by atoms with Crippen LogP contribution in [0.4, 0.5) is 14.5 Å². The van der Waals surface area contributed by atoms with Crippen molar-refractivity contribution in [2.24, 2.45) is 0 Å². The molecule has 142 valence electrons. The van der Waals surface area contributed by atoms with Gasteiger partial charge in [-0.25, -0.2) is 8.78 Å². The standard InChI is InChI=1S/C21H22F2N2O2/c1-14(18-13-16(22)7-10-19(18)23)24(2)21(27)12-15-5-8-17(9-6-15)25-11-3-4-20(25)26/h5-10,13-14H,3-4,11-12H2,1-2H3/t14-/m1/s1. The molecule has 0 spiro atoms. The zero-order valence-corrected chi connectivity index (χ0v) is 15.4. The summed E-state index contributed by atoms with van der Waals surface area (Å²) in [5, 5.41) is 0. The van der Waals surface area contributed by atoms with Crippen molar-refractivity contribution in [1.29, 1.82) is 0 Å². The summed E-state index contributed by atoms with van der Waals surface area (Å²) in [6.07, 6.45) is 1.57. The molecule has 2 amide bonds. The summed E-state index contributed by atoms with van der Waals surface area (Å²) in [6, 6.07) is 9.96. The minimum atomic E-state index is -0.588. The van der Waals surface area contributed by atoms with Gasteiger partial charge in [0.1, 0.15) is 11.6 Å². The number of rotatable bonds is 5. The van der Waals surface area contributed by atoms with Crippen LogP contribution < -0.4 is 4.90 Å². The molecule has 6 heteroatoms. The van der Waals surface area contributed by atoms with Gasteiger partial charge in [0.15, 0.2) is 0 Å². The Labute approximate surface area is 157 Å². The Morgan fingerprint density at radius 3 is 2.52 bits per heavy atom. The number of benzene rings is 2. The second kappa shape index (κ2) is 7.86. The van der Waals surface area contributed by atoms with E-state index < -0.39 is 17.7 Å². The molecular weight excluding hydrogens is 350 g/mol. The van der Waals surface area contributed by atoms with Crippen molar-refractivity contribution in [2.45, 2.75) is 32.2 Å². The lowest BCUT2D eigenvalue weighted by atomic mass is 10.0. The Morgan fingerprint density at radius 1 is 1.19 bits per heavy atom. The van der Waals surface area contributed by atoms with E-state index in [1.54, 1.807) is 18.9 Å². The Morgan fingerprint density at radius 2 is 1.89 bits per heavy atom. The van der Waals surface area contributed by atoms with E-state index in [2.05, 4.69) is 0 Å². The first-order valence-electron chi connectivity index (χ1n) is 8.96. The van der Waals surface area contributed by atoms with Gasteiger partial charge in [-0.15, -0.1) is 0 Å². The van der Waals surface area contributed by atoms with E-state index in [4.69, 9.17) is 0 Å². The first-order chi connectivity index (χ1) is 12.9. The van der Waals surface area contributed by atoms with Crippen LogP contribution in [0.5, 0.6) is 0 Å². The smallest absolute Gasteiger partial charge is 0.227 e. The molecular formula is C21H22F2N2O2. The largest absolute Gasteiger partial charge is 0.339 e. The molecule has 1 aliphatic rings. The van der Waals surface area contributed by atoms with Crippen molar-refractivity contribution in [2.75, 3.05) is 18.5 Å². The van der Waals surface area contributed by atoms with Crippen LogP contribution >= 0.6 is 0 Å². The molecule has 1 aliphatic heterocycles. The van der Waals surface area contributed by atoms with Crippen molar-refractivity contribution in [3.63, 3.8) is 0 Å². The highest BCUT2D eigenvalue weighted by molar-refractivity contribution is 5.95. The summed E-state index contributed by atoms with van der Waals surface area (Å²) in [4.78, 5) is 27.5. The van der Waals surface area contributed by atoms with E-state index in [1.165, 1.54) is 4.90 Å². The molecule has 2 aromatic carbocycles. The van der Waals surface area contributed by atoms with Crippen LogP contribution in [0.3, 0.4) is 0 Å². The molecule has 1 fully saturated rings. The highest BCUT2D eigenvalue weighted by atomic mass is 19.1. The second-order valence-corrected chi connectivity index (χ2v) is 6.84. The monoisotopic (exact) mass is 372 g/mol. The van der Waals surface area contributed by atoms with E-state index in [0.29, 0.717) is 6.42 Å². The quantitative estimate of drug-likeness (QED) is 0.800. The Hall–Kier alpha value is -2.76. The third-order valence-electron chi connectivity index (χ3n) is 5.06. The van der Waals surface area contributed by atoms with E-state index in [9.17, 15) is 18.4 Å². The van der Waals surface area contributed by atoms with Gasteiger partial charge >= 0.3 is 0 Å². The minimum absolute atomic E-state index is 0.115. The molecule has 27 heavy (non-hydrogen) atoms. The highest BCUT2D eigenvalue weighted by Crippen LogP contribution is 2.25. The topological polar surface area (TPSA) is 40.6 Å². The van der Waals surface area contributed by atoms with Crippen LogP contribution in [-0.4, -0.2) is 30.3 Å². The van der Waals surface area contributed by atoms with E-state index in [-0.39, 0.29) is 23.8 Å². The summed E-state index contributed by atoms with van der Waals surface area (Å²) in [7, 11) is 1.58. The van der Waals surface area contributed by atoms with Crippen LogP contribution in [0.2, 0.25) is 0 Å². The zero-order chi connectivity index (χ0) is 19.6. The van der Waals surface area contributed by atoms with Gasteiger partial charge in [-0.2, -0.15) is 0 Å². The predicted molar refractivity (Wildman–Crippen MR) is 99.3 cm³/mol. The van der Waals surface area contributed by atoms with Gasteiger partial charge in [0, 0.05) is 31.3 Å². The predicted octanol–water partition coefficient (Wildman–Crippen LogP) is 3.85. The number of carbonyl (C=O) groups excluding carboxylic acids is 2. The van der Waals surface area contributed by atoms with Crippen molar-refractivity contribution in [3.8, 4) is 0 Å². The number of amides is 2. The van der Waals surface area contributed by atoms with Gasteiger partial charge in [0.05, 0.1) is 12.5 Å². The third kappa shape index (κ3) is 4.15. The number of anilines is 1. The van der Waals surface area contributed by atoms with Crippen LogP contribution in [0, 0.1) is 11.6 Å². The van der Waals surface area contributed by atoms with E-state index in [1.807, 2.05) is 24.3 Å². The number of hydrogen-bond acceptors (Lipinski definition) is 2. The van der Waals surface area contributed by atoms with Crippen molar-refractivity contribution < 1.29 is 18.4 Å². The molecule has 4 nitrogen and oxygen atoms in total. The molecule has 0 aromatic heterocycles. The molecule has 0 bridgehead atoms. The lowest BCUT2D eigenvalue weighted by Gasteiger charge is -2.26. The lowest BCUT2D eigenvalue weighted by Crippen LogP contribution is -2.31. The summed E-state index contributed by atoms with van der Waals surface area (Å²) in [6.45, 7) is 2.38. The Kier molecular flexibility index (Phi) is 5.54. The number of nitrogens with zero attached hydrogens (tertiary/aromatic N) is 2. The maximum atomic E-state index is 14.0. The molecule has 0 aliphatic carbocycles. The van der Waals surface area contributed by atoms with Gasteiger partial charge in [-0.1, -0.05) is 12.1 Å². The third-order valence-corrected chi connectivity index (χ3v) is 5.06. The number of hydrogen-bond donors (Lipinski definition) is 0. The van der Waals surface area contributed by atoms with Gasteiger partial charge in [-0.05, 0) is 49.2 Å². The lowest BCUT2D eigenvalue weighted by molar-refractivity contribution is -0.131. The zero-order valence-electron chi connectivity index (χ0n) is 15.4. The summed E-state index contributed by atoms with van der Waals surface area (Å²) in [5.74, 6) is -1.16. The van der Waals surface area contributed by atoms with Crippen molar-refractivity contribution in [1.82, 2.24) is 4.90 Å². The summed E-state index contributed by atoms with van der Waals surface area (Å²) in [5.41, 5.74) is 1.78. The van der Waals surface area contributed by atoms with Gasteiger partial charge in [0.25, 0.3) is 0 Å². The number of carbonyl (C=O) groups is 2. The van der Waals surface area contributed by atoms with Crippen LogP contribution in [0.15, 0.2) is 42.5 Å². The molecule has 2 aromatic rings. The average molecular weight is 372 g/mol. The second-order valence-electron chi connectivity index (χ2n) is 6.84. The highest BCUT2D eigenvalue weighted by Gasteiger charge is 2.23. The van der Waals surface area contributed by atoms with Crippen LogP contribution in [0.1, 0.15) is 36.9 Å². The van der Waals surface area contributed by atoms with Crippen LogP contribution in [0.25, 0.3) is 0 Å². The molecule has 0 unspecified atom stereocenters. The molecule has 0 saturated carbocycles. The Bertz CT molecular complexity index is 852. The summed E-state index contributed by atoms with van der Waals surface area (Å²) >= 11 is 0. The first-order valence-corrected chi connectivity index (χ1v) is 8.96. The number of halogens is 2. The fraction of sp³-hybridized carbons (Fsp3) is 0.333. The molecule has 3 rings (SSSR count). The van der Waals surface area contributed by atoms with Crippen LogP contribution in [-0.2, 0) is 16.0 Å². The number of likely N-dealkylation sites (N-methyl/N-ethyl adjacent to an activating group) is 1. The van der Waals surface area contributed by atoms with E-state index >= 15 is 0 Å². The molecule has 1 saturated heterocycles. The summed E-state index contributed by atoms with van der Waals surface area (Å²) < 4.78 is 27.4. The molecule has 0 radical (unpaired) electrons. The molecule has 0 N–H and O–H groups in total. The van der Waals surface area contributed by atoms with Gasteiger partial charge in [-0.3, -0.25) is 9.59 Å². The molecule has 1 atom stereocenters. The maximum absolute atomic E-state index is 14.0. The van der Waals surface area contributed by atoms with E-state index in [0.717, 1.165) is 42.4 Å². The van der Waals surface area contributed by atoms with Gasteiger partial charge in [0.2, 0.25) is 11.8 Å². The van der Waals surface area contributed by atoms with Crippen molar-refractivity contribution in [3.05, 3.63) is 65.2 Å². The fourth-order valence-corrected chi connectivity index (χ4v) is 3.27.